The van der Waals surface area contributed by atoms with E-state index in [-0.39, 0.29) is 12.5 Å². The number of hydrogen-bond donors (Lipinski definition) is 1. The van der Waals surface area contributed by atoms with Gasteiger partial charge in [0.1, 0.15) is 6.29 Å². The fourth-order valence-electron chi connectivity index (χ4n) is 2.47. The quantitative estimate of drug-likeness (QED) is 0.702. The van der Waals surface area contributed by atoms with Crippen LogP contribution in [0.25, 0.3) is 0 Å². The summed E-state index contributed by atoms with van der Waals surface area (Å²) in [5.74, 6) is 0.555. The van der Waals surface area contributed by atoms with E-state index in [2.05, 4.69) is 21.2 Å². The largest absolute Gasteiger partial charge is 0.493 e. The number of carbonyl (C=O) groups excluding carboxylic acids is 2. The van der Waals surface area contributed by atoms with E-state index in [9.17, 15) is 9.59 Å². The van der Waals surface area contributed by atoms with Crippen molar-refractivity contribution >= 4 is 33.8 Å². The molecule has 132 valence electrons. The van der Waals surface area contributed by atoms with Gasteiger partial charge in [-0.15, -0.1) is 0 Å². The number of amides is 1. The molecule has 0 heterocycles. The Bertz CT molecular complexity index is 789. The minimum absolute atomic E-state index is 0.157. The first-order chi connectivity index (χ1) is 12.0. The van der Waals surface area contributed by atoms with Crippen molar-refractivity contribution in [2.75, 3.05) is 19.0 Å². The number of carbonyl (C=O) groups is 2. The minimum Gasteiger partial charge on any atom is -0.493 e. The van der Waals surface area contributed by atoms with E-state index in [0.29, 0.717) is 17.1 Å². The number of halogens is 1. The Hall–Kier alpha value is -2.34. The third-order valence-corrected chi connectivity index (χ3v) is 4.17. The Morgan fingerprint density at radius 1 is 1.24 bits per heavy atom. The van der Waals surface area contributed by atoms with Gasteiger partial charge in [0.2, 0.25) is 0 Å². The lowest BCUT2D eigenvalue weighted by atomic mass is 10.1. The number of methoxy groups -OCH3 is 1. The van der Waals surface area contributed by atoms with E-state index in [1.807, 2.05) is 26.0 Å². The zero-order valence-corrected chi connectivity index (χ0v) is 16.0. The van der Waals surface area contributed by atoms with Crippen molar-refractivity contribution in [3.63, 3.8) is 0 Å². The first-order valence-electron chi connectivity index (χ1n) is 7.83. The SMILES string of the molecule is CCc1cc(Br)cc(C)c1NC(=O)COc1ccc(C=O)cc1OC. The van der Waals surface area contributed by atoms with Crippen LogP contribution in [0, 0.1) is 6.92 Å². The summed E-state index contributed by atoms with van der Waals surface area (Å²) in [6.45, 7) is 3.82. The third-order valence-electron chi connectivity index (χ3n) is 3.71. The average molecular weight is 406 g/mol. The molecule has 1 amide bonds. The molecule has 0 saturated heterocycles. The predicted octanol–water partition coefficient (Wildman–Crippen LogP) is 4.16. The highest BCUT2D eigenvalue weighted by molar-refractivity contribution is 9.10. The standard InChI is InChI=1S/C19H20BrNO4/c1-4-14-9-15(20)7-12(2)19(14)21-18(23)11-25-16-6-5-13(10-22)8-17(16)24-3/h5-10H,4,11H2,1-3H3,(H,21,23). The summed E-state index contributed by atoms with van der Waals surface area (Å²) < 4.78 is 11.7. The maximum Gasteiger partial charge on any atom is 0.262 e. The van der Waals surface area contributed by atoms with Gasteiger partial charge in [-0.05, 0) is 54.8 Å². The van der Waals surface area contributed by atoms with E-state index >= 15 is 0 Å². The molecule has 0 radical (unpaired) electrons. The van der Waals surface area contributed by atoms with Crippen molar-refractivity contribution in [1.29, 1.82) is 0 Å². The molecule has 2 rings (SSSR count). The summed E-state index contributed by atoms with van der Waals surface area (Å²) in [6, 6.07) is 8.73. The normalized spacial score (nSPS) is 10.2. The lowest BCUT2D eigenvalue weighted by Gasteiger charge is -2.15. The minimum atomic E-state index is -0.262. The van der Waals surface area contributed by atoms with Gasteiger partial charge in [-0.25, -0.2) is 0 Å². The van der Waals surface area contributed by atoms with Crippen LogP contribution in [0.15, 0.2) is 34.8 Å². The maximum absolute atomic E-state index is 12.3. The van der Waals surface area contributed by atoms with Gasteiger partial charge in [0.05, 0.1) is 7.11 Å². The Morgan fingerprint density at radius 2 is 2.00 bits per heavy atom. The first kappa shape index (κ1) is 19.0. The third kappa shape index (κ3) is 4.82. The lowest BCUT2D eigenvalue weighted by Crippen LogP contribution is -2.21. The van der Waals surface area contributed by atoms with Crippen molar-refractivity contribution in [1.82, 2.24) is 0 Å². The molecule has 0 aliphatic heterocycles. The summed E-state index contributed by atoms with van der Waals surface area (Å²) in [7, 11) is 1.48. The van der Waals surface area contributed by atoms with Crippen LogP contribution in [0.4, 0.5) is 5.69 Å². The topological polar surface area (TPSA) is 64.6 Å². The molecule has 6 heteroatoms. The molecule has 0 aliphatic carbocycles. The van der Waals surface area contributed by atoms with Crippen LogP contribution >= 0.6 is 15.9 Å². The van der Waals surface area contributed by atoms with Gasteiger partial charge >= 0.3 is 0 Å². The van der Waals surface area contributed by atoms with Crippen molar-refractivity contribution in [2.45, 2.75) is 20.3 Å². The van der Waals surface area contributed by atoms with Crippen LogP contribution in [0.3, 0.4) is 0 Å². The second kappa shape index (κ2) is 8.67. The van der Waals surface area contributed by atoms with Crippen molar-refractivity contribution in [3.8, 4) is 11.5 Å². The van der Waals surface area contributed by atoms with Crippen LogP contribution in [0.2, 0.25) is 0 Å². The second-order valence-corrected chi connectivity index (χ2v) is 6.39. The fourth-order valence-corrected chi connectivity index (χ4v) is 3.09. The van der Waals surface area contributed by atoms with Crippen LogP contribution < -0.4 is 14.8 Å². The number of nitrogens with one attached hydrogen (secondary N) is 1. The molecule has 0 spiro atoms. The van der Waals surface area contributed by atoms with E-state index < -0.39 is 0 Å². The lowest BCUT2D eigenvalue weighted by molar-refractivity contribution is -0.118. The average Bonchev–Trinajstić information content (AvgIpc) is 2.61. The molecule has 2 aromatic carbocycles. The summed E-state index contributed by atoms with van der Waals surface area (Å²) in [5.41, 5.74) is 3.31. The molecule has 0 fully saturated rings. The van der Waals surface area contributed by atoms with E-state index in [0.717, 1.165) is 34.0 Å². The highest BCUT2D eigenvalue weighted by Crippen LogP contribution is 2.28. The number of benzene rings is 2. The van der Waals surface area contributed by atoms with Gasteiger partial charge in [0.15, 0.2) is 18.1 Å². The summed E-state index contributed by atoms with van der Waals surface area (Å²) in [4.78, 5) is 23.1. The predicted molar refractivity (Wildman–Crippen MR) is 101 cm³/mol. The van der Waals surface area contributed by atoms with Gasteiger partial charge in [-0.2, -0.15) is 0 Å². The number of ether oxygens (including phenoxy) is 2. The van der Waals surface area contributed by atoms with Gasteiger partial charge in [0, 0.05) is 15.7 Å². The monoisotopic (exact) mass is 405 g/mol. The first-order valence-corrected chi connectivity index (χ1v) is 8.62. The number of rotatable bonds is 7. The zero-order valence-electron chi connectivity index (χ0n) is 14.4. The van der Waals surface area contributed by atoms with Crippen molar-refractivity contribution < 1.29 is 19.1 Å². The molecule has 5 nitrogen and oxygen atoms in total. The van der Waals surface area contributed by atoms with Gasteiger partial charge < -0.3 is 14.8 Å². The van der Waals surface area contributed by atoms with Gasteiger partial charge in [-0.3, -0.25) is 9.59 Å². The Kier molecular flexibility index (Phi) is 6.58. The molecule has 0 saturated carbocycles. The Balaban J connectivity index is 2.08. The molecular formula is C19H20BrNO4. The fraction of sp³-hybridized carbons (Fsp3) is 0.263. The molecule has 0 bridgehead atoms. The van der Waals surface area contributed by atoms with E-state index in [4.69, 9.17) is 9.47 Å². The number of hydrogen-bond acceptors (Lipinski definition) is 4. The Morgan fingerprint density at radius 3 is 2.64 bits per heavy atom. The van der Waals surface area contributed by atoms with Gasteiger partial charge in [0.25, 0.3) is 5.91 Å². The molecule has 1 N–H and O–H groups in total. The van der Waals surface area contributed by atoms with Crippen LogP contribution in [-0.4, -0.2) is 25.9 Å². The number of aldehydes is 1. The number of aryl methyl sites for hydroxylation is 2. The van der Waals surface area contributed by atoms with E-state index in [1.54, 1.807) is 18.2 Å². The smallest absolute Gasteiger partial charge is 0.262 e. The molecule has 0 atom stereocenters. The molecule has 0 unspecified atom stereocenters. The molecular weight excluding hydrogens is 386 g/mol. The summed E-state index contributed by atoms with van der Waals surface area (Å²) in [5, 5.41) is 2.91. The highest BCUT2D eigenvalue weighted by Gasteiger charge is 2.12. The van der Waals surface area contributed by atoms with Crippen LogP contribution in [0.1, 0.15) is 28.4 Å². The maximum atomic E-state index is 12.3. The van der Waals surface area contributed by atoms with Crippen molar-refractivity contribution in [3.05, 3.63) is 51.5 Å². The van der Waals surface area contributed by atoms with Gasteiger partial charge in [-0.1, -0.05) is 22.9 Å². The number of anilines is 1. The Labute approximate surface area is 155 Å². The van der Waals surface area contributed by atoms with Crippen molar-refractivity contribution in [2.24, 2.45) is 0 Å². The van der Waals surface area contributed by atoms with E-state index in [1.165, 1.54) is 7.11 Å². The molecule has 25 heavy (non-hydrogen) atoms. The van der Waals surface area contributed by atoms with Crippen LogP contribution in [-0.2, 0) is 11.2 Å². The summed E-state index contributed by atoms with van der Waals surface area (Å²) in [6.07, 6.45) is 1.53. The summed E-state index contributed by atoms with van der Waals surface area (Å²) >= 11 is 3.47. The molecule has 0 aliphatic rings. The molecule has 0 aromatic heterocycles. The highest BCUT2D eigenvalue weighted by atomic mass is 79.9. The second-order valence-electron chi connectivity index (χ2n) is 5.48. The zero-order chi connectivity index (χ0) is 18.4. The molecule has 2 aromatic rings. The van der Waals surface area contributed by atoms with Crippen LogP contribution in [0.5, 0.6) is 11.5 Å².